The predicted molar refractivity (Wildman–Crippen MR) is 127 cm³/mol. The number of aromatic nitrogens is 1. The van der Waals surface area contributed by atoms with Crippen LogP contribution in [0.4, 0.5) is 5.69 Å². The van der Waals surface area contributed by atoms with Gasteiger partial charge in [0.2, 0.25) is 9.84 Å². The third-order valence-electron chi connectivity index (χ3n) is 6.49. The Balaban J connectivity index is 1.99. The van der Waals surface area contributed by atoms with Gasteiger partial charge in [0, 0.05) is 30.7 Å². The van der Waals surface area contributed by atoms with Crippen molar-refractivity contribution in [2.45, 2.75) is 43.4 Å². The number of pyridine rings is 1. The highest BCUT2D eigenvalue weighted by Crippen LogP contribution is 2.41. The van der Waals surface area contributed by atoms with E-state index >= 15 is 0 Å². The van der Waals surface area contributed by atoms with Gasteiger partial charge in [0.05, 0.1) is 30.3 Å². The maximum absolute atomic E-state index is 13.8. The Morgan fingerprint density at radius 3 is 2.25 bits per heavy atom. The predicted octanol–water partition coefficient (Wildman–Crippen LogP) is 4.94. The number of hydrogen-bond acceptors (Lipinski definition) is 6. The Labute approximate surface area is 190 Å². The molecule has 7 heteroatoms. The van der Waals surface area contributed by atoms with E-state index in [2.05, 4.69) is 16.8 Å². The molecule has 32 heavy (non-hydrogen) atoms. The summed E-state index contributed by atoms with van der Waals surface area (Å²) in [5.41, 5.74) is 3.37. The second kappa shape index (κ2) is 8.62. The van der Waals surface area contributed by atoms with Crippen LogP contribution in [0.3, 0.4) is 0 Å². The Kier molecular flexibility index (Phi) is 6.03. The highest BCUT2D eigenvalue weighted by molar-refractivity contribution is 7.91. The van der Waals surface area contributed by atoms with Gasteiger partial charge in [0.15, 0.2) is 11.5 Å². The van der Waals surface area contributed by atoms with Gasteiger partial charge < -0.3 is 14.4 Å². The molecule has 2 aromatic carbocycles. The molecular weight excluding hydrogens is 424 g/mol. The van der Waals surface area contributed by atoms with Gasteiger partial charge in [-0.05, 0) is 61.9 Å². The van der Waals surface area contributed by atoms with E-state index in [4.69, 9.17) is 9.47 Å². The van der Waals surface area contributed by atoms with E-state index in [1.54, 1.807) is 32.4 Å². The van der Waals surface area contributed by atoms with Crippen molar-refractivity contribution in [3.63, 3.8) is 0 Å². The minimum atomic E-state index is -3.77. The third-order valence-corrected chi connectivity index (χ3v) is 8.24. The molecule has 0 atom stereocenters. The quantitative estimate of drug-likeness (QED) is 0.544. The number of fused-ring (bicyclic) bond motifs is 1. The highest BCUT2D eigenvalue weighted by Gasteiger charge is 2.29. The van der Waals surface area contributed by atoms with Gasteiger partial charge in [-0.15, -0.1) is 0 Å². The smallest absolute Gasteiger partial charge is 0.210 e. The van der Waals surface area contributed by atoms with Gasteiger partial charge in [0.25, 0.3) is 0 Å². The first-order chi connectivity index (χ1) is 15.3. The summed E-state index contributed by atoms with van der Waals surface area (Å²) in [6.45, 7) is 7.73. The molecule has 3 aromatic rings. The van der Waals surface area contributed by atoms with E-state index in [0.29, 0.717) is 28.6 Å². The van der Waals surface area contributed by atoms with Gasteiger partial charge in [-0.25, -0.2) is 8.42 Å². The first kappa shape index (κ1) is 22.4. The van der Waals surface area contributed by atoms with Crippen molar-refractivity contribution in [3.05, 3.63) is 47.7 Å². The van der Waals surface area contributed by atoms with Crippen LogP contribution in [0, 0.1) is 19.8 Å². The van der Waals surface area contributed by atoms with Gasteiger partial charge in [-0.1, -0.05) is 13.0 Å². The minimum absolute atomic E-state index is 0.232. The van der Waals surface area contributed by atoms with Crippen LogP contribution in [0.15, 0.2) is 46.3 Å². The first-order valence-electron chi connectivity index (χ1n) is 10.9. The van der Waals surface area contributed by atoms with E-state index in [-0.39, 0.29) is 9.79 Å². The van der Waals surface area contributed by atoms with E-state index in [1.165, 1.54) is 6.20 Å². The second-order valence-corrected chi connectivity index (χ2v) is 10.5. The number of benzene rings is 2. The number of piperidine rings is 1. The molecule has 0 amide bonds. The Hall–Kier alpha value is -2.80. The third kappa shape index (κ3) is 3.90. The first-order valence-corrected chi connectivity index (χ1v) is 12.4. The molecule has 0 spiro atoms. The lowest BCUT2D eigenvalue weighted by Gasteiger charge is -2.34. The molecule has 1 fully saturated rings. The van der Waals surface area contributed by atoms with Crippen LogP contribution >= 0.6 is 0 Å². The van der Waals surface area contributed by atoms with Crippen molar-refractivity contribution in [1.82, 2.24) is 4.98 Å². The highest BCUT2D eigenvalue weighted by atomic mass is 32.2. The molecule has 1 aliphatic rings. The number of hydrogen-bond donors (Lipinski definition) is 0. The summed E-state index contributed by atoms with van der Waals surface area (Å²) < 4.78 is 38.6. The fraction of sp³-hybridized carbons (Fsp3) is 0.400. The zero-order chi connectivity index (χ0) is 23.0. The average Bonchev–Trinajstić information content (AvgIpc) is 2.79. The molecule has 0 unspecified atom stereocenters. The molecule has 1 aliphatic heterocycles. The lowest BCUT2D eigenvalue weighted by molar-refractivity contribution is 0.355. The summed E-state index contributed by atoms with van der Waals surface area (Å²) in [7, 11) is -0.618. The van der Waals surface area contributed by atoms with Crippen molar-refractivity contribution in [3.8, 4) is 11.5 Å². The molecule has 0 N–H and O–H groups in total. The van der Waals surface area contributed by atoms with E-state index < -0.39 is 9.84 Å². The molecule has 0 bridgehead atoms. The van der Waals surface area contributed by atoms with Crippen molar-refractivity contribution < 1.29 is 17.9 Å². The monoisotopic (exact) mass is 454 g/mol. The maximum atomic E-state index is 13.8. The van der Waals surface area contributed by atoms with Crippen LogP contribution in [-0.4, -0.2) is 40.7 Å². The lowest BCUT2D eigenvalue weighted by atomic mass is 9.98. The lowest BCUT2D eigenvalue weighted by Crippen LogP contribution is -2.34. The van der Waals surface area contributed by atoms with Gasteiger partial charge in [-0.2, -0.15) is 0 Å². The number of anilines is 1. The summed E-state index contributed by atoms with van der Waals surface area (Å²) in [6, 6.07) is 8.92. The van der Waals surface area contributed by atoms with Crippen LogP contribution in [-0.2, 0) is 9.84 Å². The summed E-state index contributed by atoms with van der Waals surface area (Å²) in [4.78, 5) is 7.23. The van der Waals surface area contributed by atoms with Crippen LogP contribution in [0.1, 0.15) is 30.9 Å². The second-order valence-electron chi connectivity index (χ2n) is 8.61. The minimum Gasteiger partial charge on any atom is -0.493 e. The summed E-state index contributed by atoms with van der Waals surface area (Å²) in [6.07, 6.45) is 3.52. The van der Waals surface area contributed by atoms with Crippen LogP contribution in [0.5, 0.6) is 11.5 Å². The number of nitrogens with zero attached hydrogens (tertiary/aromatic N) is 2. The van der Waals surface area contributed by atoms with Crippen LogP contribution in [0.25, 0.3) is 10.9 Å². The summed E-state index contributed by atoms with van der Waals surface area (Å²) >= 11 is 0. The summed E-state index contributed by atoms with van der Waals surface area (Å²) in [5.74, 6) is 1.73. The van der Waals surface area contributed by atoms with Gasteiger partial charge in [0.1, 0.15) is 4.90 Å². The zero-order valence-electron chi connectivity index (χ0n) is 19.3. The number of ether oxygens (including phenoxy) is 2. The van der Waals surface area contributed by atoms with E-state index in [1.807, 2.05) is 26.0 Å². The molecular formula is C25H30N2O4S. The fourth-order valence-corrected chi connectivity index (χ4v) is 5.77. The molecule has 0 radical (unpaired) electrons. The Morgan fingerprint density at radius 1 is 0.969 bits per heavy atom. The molecule has 1 saturated heterocycles. The SMILES string of the molecule is COc1cc2ncc(S(=O)(=O)c3ccc(C)c(C)c3)c(N3CCC(C)CC3)c2cc1OC. The summed E-state index contributed by atoms with van der Waals surface area (Å²) in [5, 5.41) is 0.752. The van der Waals surface area contributed by atoms with Crippen molar-refractivity contribution in [2.24, 2.45) is 5.92 Å². The largest absolute Gasteiger partial charge is 0.493 e. The topological polar surface area (TPSA) is 68.7 Å². The van der Waals surface area contributed by atoms with Crippen molar-refractivity contribution >= 4 is 26.4 Å². The average molecular weight is 455 g/mol. The number of rotatable bonds is 5. The van der Waals surface area contributed by atoms with Crippen molar-refractivity contribution in [2.75, 3.05) is 32.2 Å². The standard InChI is InChI=1S/C25H30N2O4S/c1-16-8-10-27(11-9-16)25-20-13-22(30-4)23(31-5)14-21(20)26-15-24(25)32(28,29)19-7-6-17(2)18(3)12-19/h6-7,12-16H,8-11H2,1-5H3. The van der Waals surface area contributed by atoms with Crippen LogP contribution in [0.2, 0.25) is 0 Å². The number of aryl methyl sites for hydroxylation is 2. The molecule has 2 heterocycles. The number of sulfone groups is 1. The zero-order valence-corrected chi connectivity index (χ0v) is 20.1. The fourth-order valence-electron chi connectivity index (χ4n) is 4.25. The van der Waals surface area contributed by atoms with E-state index in [0.717, 1.165) is 42.4 Å². The van der Waals surface area contributed by atoms with Crippen LogP contribution < -0.4 is 14.4 Å². The molecule has 1 aromatic heterocycles. The maximum Gasteiger partial charge on any atom is 0.210 e. The number of methoxy groups -OCH3 is 2. The van der Waals surface area contributed by atoms with E-state index in [9.17, 15) is 8.42 Å². The van der Waals surface area contributed by atoms with Gasteiger partial charge in [-0.3, -0.25) is 4.98 Å². The molecule has 4 rings (SSSR count). The Bertz CT molecular complexity index is 1260. The van der Waals surface area contributed by atoms with Crippen molar-refractivity contribution in [1.29, 1.82) is 0 Å². The molecule has 6 nitrogen and oxygen atoms in total. The molecule has 170 valence electrons. The van der Waals surface area contributed by atoms with Gasteiger partial charge >= 0.3 is 0 Å². The normalized spacial score (nSPS) is 15.2. The Morgan fingerprint density at radius 2 is 1.62 bits per heavy atom. The molecule has 0 aliphatic carbocycles. The molecule has 0 saturated carbocycles.